The molecule has 1 fully saturated rings. The second kappa shape index (κ2) is 5.41. The third kappa shape index (κ3) is 3.63. The lowest BCUT2D eigenvalue weighted by atomic mass is 10.3. The van der Waals surface area contributed by atoms with Gasteiger partial charge in [-0.2, -0.15) is 0 Å². The molecule has 1 aromatic carbocycles. The van der Waals surface area contributed by atoms with Crippen molar-refractivity contribution in [3.8, 4) is 5.75 Å². The van der Waals surface area contributed by atoms with Gasteiger partial charge in [0.1, 0.15) is 12.4 Å². The standard InChI is InChI=1S/C14H22N2O/c1-11-9-12(11)10-16(2)7-8-17-14-6-4-3-5-13(14)15/h3-6,11-12H,7-10,15H2,1-2H3. The largest absolute Gasteiger partial charge is 0.490 e. The Bertz CT molecular complexity index is 367. The second-order valence-electron chi connectivity index (χ2n) is 5.12. The summed E-state index contributed by atoms with van der Waals surface area (Å²) in [6.45, 7) is 5.16. The topological polar surface area (TPSA) is 38.5 Å². The number of likely N-dealkylation sites (N-methyl/N-ethyl adjacent to an activating group) is 1. The van der Waals surface area contributed by atoms with Crippen molar-refractivity contribution in [2.24, 2.45) is 11.8 Å². The molecule has 0 saturated heterocycles. The first-order chi connectivity index (χ1) is 8.16. The first-order valence-electron chi connectivity index (χ1n) is 6.32. The summed E-state index contributed by atoms with van der Waals surface area (Å²) in [7, 11) is 2.16. The van der Waals surface area contributed by atoms with Crippen LogP contribution in [0, 0.1) is 11.8 Å². The molecule has 0 aliphatic heterocycles. The smallest absolute Gasteiger partial charge is 0.142 e. The minimum atomic E-state index is 0.700. The van der Waals surface area contributed by atoms with Crippen molar-refractivity contribution in [3.63, 3.8) is 0 Å². The number of nitrogens with zero attached hydrogens (tertiary/aromatic N) is 1. The molecule has 17 heavy (non-hydrogen) atoms. The predicted molar refractivity (Wildman–Crippen MR) is 71.1 cm³/mol. The van der Waals surface area contributed by atoms with Crippen molar-refractivity contribution in [1.82, 2.24) is 4.90 Å². The predicted octanol–water partition coefficient (Wildman–Crippen LogP) is 2.24. The van der Waals surface area contributed by atoms with Crippen molar-refractivity contribution < 1.29 is 4.74 Å². The molecular weight excluding hydrogens is 212 g/mol. The van der Waals surface area contributed by atoms with E-state index in [4.69, 9.17) is 10.5 Å². The Labute approximate surface area is 104 Å². The van der Waals surface area contributed by atoms with Gasteiger partial charge in [-0.1, -0.05) is 19.1 Å². The molecule has 0 spiro atoms. The van der Waals surface area contributed by atoms with Gasteiger partial charge in [0.05, 0.1) is 5.69 Å². The van der Waals surface area contributed by atoms with Crippen molar-refractivity contribution in [1.29, 1.82) is 0 Å². The van der Waals surface area contributed by atoms with Crippen LogP contribution in [0.5, 0.6) is 5.75 Å². The number of ether oxygens (including phenoxy) is 1. The molecule has 0 amide bonds. The zero-order valence-electron chi connectivity index (χ0n) is 10.7. The zero-order chi connectivity index (χ0) is 12.3. The third-order valence-corrected chi connectivity index (χ3v) is 3.47. The number of hydrogen-bond donors (Lipinski definition) is 1. The summed E-state index contributed by atoms with van der Waals surface area (Å²) in [6.07, 6.45) is 1.39. The summed E-state index contributed by atoms with van der Waals surface area (Å²) in [5, 5.41) is 0. The first-order valence-corrected chi connectivity index (χ1v) is 6.32. The van der Waals surface area contributed by atoms with Gasteiger partial charge in [0.2, 0.25) is 0 Å². The first kappa shape index (κ1) is 12.2. The number of nitrogens with two attached hydrogens (primary N) is 1. The van der Waals surface area contributed by atoms with E-state index in [0.717, 1.165) is 24.1 Å². The maximum absolute atomic E-state index is 5.81. The summed E-state index contributed by atoms with van der Waals surface area (Å²) in [5.41, 5.74) is 6.52. The third-order valence-electron chi connectivity index (χ3n) is 3.47. The van der Waals surface area contributed by atoms with E-state index in [1.165, 1.54) is 13.0 Å². The average Bonchev–Trinajstić information content (AvgIpc) is 2.97. The summed E-state index contributed by atoms with van der Waals surface area (Å²) >= 11 is 0. The molecule has 1 aliphatic rings. The van der Waals surface area contributed by atoms with Gasteiger partial charge >= 0.3 is 0 Å². The number of rotatable bonds is 6. The lowest BCUT2D eigenvalue weighted by molar-refractivity contribution is 0.231. The number of benzene rings is 1. The summed E-state index contributed by atoms with van der Waals surface area (Å²) in [5.74, 6) is 2.62. The van der Waals surface area contributed by atoms with Crippen LogP contribution in [-0.2, 0) is 0 Å². The van der Waals surface area contributed by atoms with E-state index < -0.39 is 0 Å². The van der Waals surface area contributed by atoms with Gasteiger partial charge in [-0.15, -0.1) is 0 Å². The zero-order valence-corrected chi connectivity index (χ0v) is 10.7. The van der Waals surface area contributed by atoms with Gasteiger partial charge in [0.25, 0.3) is 0 Å². The molecule has 3 nitrogen and oxygen atoms in total. The number of para-hydroxylation sites is 2. The van der Waals surface area contributed by atoms with E-state index in [9.17, 15) is 0 Å². The Morgan fingerprint density at radius 3 is 2.76 bits per heavy atom. The Morgan fingerprint density at radius 1 is 1.41 bits per heavy atom. The van der Waals surface area contributed by atoms with E-state index in [1.807, 2.05) is 24.3 Å². The summed E-state index contributed by atoms with van der Waals surface area (Å²) in [6, 6.07) is 7.65. The normalized spacial score (nSPS) is 22.8. The van der Waals surface area contributed by atoms with Crippen molar-refractivity contribution >= 4 is 5.69 Å². The molecule has 0 radical (unpaired) electrons. The van der Waals surface area contributed by atoms with Crippen molar-refractivity contribution in [2.75, 3.05) is 32.5 Å². The molecule has 2 unspecified atom stereocenters. The van der Waals surface area contributed by atoms with Gasteiger partial charge in [-0.3, -0.25) is 0 Å². The van der Waals surface area contributed by atoms with E-state index in [0.29, 0.717) is 12.3 Å². The molecule has 2 N–H and O–H groups in total. The molecular formula is C14H22N2O. The molecule has 1 aromatic rings. The fraction of sp³-hybridized carbons (Fsp3) is 0.571. The van der Waals surface area contributed by atoms with Gasteiger partial charge in [0.15, 0.2) is 0 Å². The Morgan fingerprint density at radius 2 is 2.12 bits per heavy atom. The summed E-state index contributed by atoms with van der Waals surface area (Å²) in [4.78, 5) is 2.34. The molecule has 3 heteroatoms. The van der Waals surface area contributed by atoms with Crippen LogP contribution in [-0.4, -0.2) is 31.6 Å². The number of hydrogen-bond acceptors (Lipinski definition) is 3. The fourth-order valence-electron chi connectivity index (χ4n) is 2.07. The monoisotopic (exact) mass is 234 g/mol. The van der Waals surface area contributed by atoms with E-state index in [1.54, 1.807) is 0 Å². The fourth-order valence-corrected chi connectivity index (χ4v) is 2.07. The maximum atomic E-state index is 5.81. The Balaban J connectivity index is 1.67. The van der Waals surface area contributed by atoms with E-state index in [-0.39, 0.29) is 0 Å². The molecule has 94 valence electrons. The molecule has 1 saturated carbocycles. The van der Waals surface area contributed by atoms with E-state index >= 15 is 0 Å². The Kier molecular flexibility index (Phi) is 3.89. The maximum Gasteiger partial charge on any atom is 0.142 e. The highest BCUT2D eigenvalue weighted by atomic mass is 16.5. The lowest BCUT2D eigenvalue weighted by Crippen LogP contribution is -2.26. The Hall–Kier alpha value is -1.22. The highest BCUT2D eigenvalue weighted by molar-refractivity contribution is 5.51. The molecule has 1 aliphatic carbocycles. The van der Waals surface area contributed by atoms with Crippen LogP contribution in [0.4, 0.5) is 5.69 Å². The van der Waals surface area contributed by atoms with Crippen molar-refractivity contribution in [2.45, 2.75) is 13.3 Å². The number of nitrogen functional groups attached to an aromatic ring is 1. The van der Waals surface area contributed by atoms with E-state index in [2.05, 4.69) is 18.9 Å². The minimum Gasteiger partial charge on any atom is -0.490 e. The van der Waals surface area contributed by atoms with Crippen LogP contribution >= 0.6 is 0 Å². The highest BCUT2D eigenvalue weighted by Crippen LogP contribution is 2.37. The van der Waals surface area contributed by atoms with Crippen LogP contribution in [0.25, 0.3) is 0 Å². The van der Waals surface area contributed by atoms with Crippen LogP contribution in [0.2, 0.25) is 0 Å². The van der Waals surface area contributed by atoms with Crippen LogP contribution in [0.15, 0.2) is 24.3 Å². The minimum absolute atomic E-state index is 0.700. The van der Waals surface area contributed by atoms with Gasteiger partial charge in [-0.05, 0) is 37.4 Å². The van der Waals surface area contributed by atoms with Gasteiger partial charge in [0, 0.05) is 13.1 Å². The number of anilines is 1. The van der Waals surface area contributed by atoms with Crippen LogP contribution in [0.1, 0.15) is 13.3 Å². The molecule has 2 rings (SSSR count). The van der Waals surface area contributed by atoms with Crippen LogP contribution < -0.4 is 10.5 Å². The summed E-state index contributed by atoms with van der Waals surface area (Å²) < 4.78 is 5.67. The molecule has 0 aromatic heterocycles. The SMILES string of the molecule is CC1CC1CN(C)CCOc1ccccc1N. The molecule has 0 heterocycles. The lowest BCUT2D eigenvalue weighted by Gasteiger charge is -2.17. The highest BCUT2D eigenvalue weighted by Gasteiger charge is 2.32. The van der Waals surface area contributed by atoms with Crippen LogP contribution in [0.3, 0.4) is 0 Å². The average molecular weight is 234 g/mol. The second-order valence-corrected chi connectivity index (χ2v) is 5.12. The van der Waals surface area contributed by atoms with Gasteiger partial charge < -0.3 is 15.4 Å². The molecule has 2 atom stereocenters. The van der Waals surface area contributed by atoms with Crippen molar-refractivity contribution in [3.05, 3.63) is 24.3 Å². The molecule has 0 bridgehead atoms. The quantitative estimate of drug-likeness (QED) is 0.767. The van der Waals surface area contributed by atoms with Gasteiger partial charge in [-0.25, -0.2) is 0 Å².